The van der Waals surface area contributed by atoms with Crippen molar-refractivity contribution >= 4 is 24.0 Å². The van der Waals surface area contributed by atoms with Gasteiger partial charge in [-0.3, -0.25) is 9.48 Å². The Hall–Kier alpha value is -1.89. The second-order valence-corrected chi connectivity index (χ2v) is 6.05. The summed E-state index contributed by atoms with van der Waals surface area (Å²) in [5, 5.41) is 10.8. The normalized spacial score (nSPS) is 15.3. The average molecular weight is 349 g/mol. The Bertz CT molecular complexity index is 721. The van der Waals surface area contributed by atoms with Crippen LogP contribution in [0, 0.1) is 0 Å². The molecule has 0 fully saturated rings. The van der Waals surface area contributed by atoms with E-state index < -0.39 is 0 Å². The highest BCUT2D eigenvalue weighted by Gasteiger charge is 2.14. The van der Waals surface area contributed by atoms with Gasteiger partial charge in [-0.2, -0.15) is 5.10 Å². The van der Waals surface area contributed by atoms with Crippen molar-refractivity contribution in [2.45, 2.75) is 39.1 Å². The molecule has 24 heavy (non-hydrogen) atoms. The summed E-state index contributed by atoms with van der Waals surface area (Å²) in [6.07, 6.45) is 1.11. The van der Waals surface area contributed by atoms with E-state index in [2.05, 4.69) is 21.8 Å². The number of aryl methyl sites for hydroxylation is 1. The number of hydrogen-bond acceptors (Lipinski definition) is 4. The number of halogens is 1. The van der Waals surface area contributed by atoms with E-state index in [-0.39, 0.29) is 18.3 Å². The fourth-order valence-electron chi connectivity index (χ4n) is 3.09. The van der Waals surface area contributed by atoms with Gasteiger partial charge in [0.15, 0.2) is 0 Å². The number of ether oxygens (including phenoxy) is 1. The fourth-order valence-corrected chi connectivity index (χ4v) is 3.09. The molecule has 1 aromatic heterocycles. The summed E-state index contributed by atoms with van der Waals surface area (Å²) in [7, 11) is 0. The standard InChI is InChI=1S/C17H20N4O2.ClH/c22-17(19-14-2-1-12-10-23-11-13(12)7-14)4-3-15-8-16-9-18-5-6-21(16)20-15;/h1-2,7-8,18H,3-6,9-11H2,(H,19,22);1H. The molecule has 0 saturated heterocycles. The summed E-state index contributed by atoms with van der Waals surface area (Å²) < 4.78 is 7.42. The number of nitrogens with one attached hydrogen (secondary N) is 2. The van der Waals surface area contributed by atoms with E-state index in [1.807, 2.05) is 22.9 Å². The van der Waals surface area contributed by atoms with Gasteiger partial charge in [0.2, 0.25) is 5.91 Å². The number of fused-ring (bicyclic) bond motifs is 2. The van der Waals surface area contributed by atoms with Crippen molar-refractivity contribution in [3.63, 3.8) is 0 Å². The number of rotatable bonds is 4. The Balaban J connectivity index is 0.00000169. The van der Waals surface area contributed by atoms with Gasteiger partial charge in [0, 0.05) is 31.6 Å². The van der Waals surface area contributed by atoms with Crippen LogP contribution in [0.15, 0.2) is 24.3 Å². The lowest BCUT2D eigenvalue weighted by Crippen LogP contribution is -2.28. The third kappa shape index (κ3) is 3.61. The second kappa shape index (κ2) is 7.34. The highest BCUT2D eigenvalue weighted by Crippen LogP contribution is 2.23. The van der Waals surface area contributed by atoms with Crippen LogP contribution in [0.1, 0.15) is 28.9 Å². The average Bonchev–Trinajstić information content (AvgIpc) is 3.18. The van der Waals surface area contributed by atoms with E-state index in [0.717, 1.165) is 36.6 Å². The first-order valence-corrected chi connectivity index (χ1v) is 8.04. The van der Waals surface area contributed by atoms with Gasteiger partial charge in [0.25, 0.3) is 0 Å². The number of hydrogen-bond donors (Lipinski definition) is 2. The number of carbonyl (C=O) groups is 1. The van der Waals surface area contributed by atoms with Crippen LogP contribution in [0.5, 0.6) is 0 Å². The lowest BCUT2D eigenvalue weighted by Gasteiger charge is -2.13. The third-order valence-electron chi connectivity index (χ3n) is 4.33. The van der Waals surface area contributed by atoms with Gasteiger partial charge in [-0.1, -0.05) is 6.07 Å². The van der Waals surface area contributed by atoms with Crippen molar-refractivity contribution in [1.29, 1.82) is 0 Å². The molecule has 0 spiro atoms. The van der Waals surface area contributed by atoms with E-state index in [4.69, 9.17) is 4.74 Å². The smallest absolute Gasteiger partial charge is 0.224 e. The van der Waals surface area contributed by atoms with Crippen molar-refractivity contribution < 1.29 is 9.53 Å². The highest BCUT2D eigenvalue weighted by atomic mass is 35.5. The molecule has 1 aromatic carbocycles. The molecule has 2 aromatic rings. The zero-order chi connectivity index (χ0) is 15.6. The van der Waals surface area contributed by atoms with Crippen molar-refractivity contribution in [2.75, 3.05) is 11.9 Å². The summed E-state index contributed by atoms with van der Waals surface area (Å²) in [5.41, 5.74) is 5.40. The van der Waals surface area contributed by atoms with Crippen LogP contribution in [-0.2, 0) is 42.3 Å². The summed E-state index contributed by atoms with van der Waals surface area (Å²) in [5.74, 6) is 0.0213. The van der Waals surface area contributed by atoms with Crippen LogP contribution in [0.25, 0.3) is 0 Å². The first-order valence-electron chi connectivity index (χ1n) is 8.04. The van der Waals surface area contributed by atoms with E-state index in [1.54, 1.807) is 0 Å². The summed E-state index contributed by atoms with van der Waals surface area (Å²) in [4.78, 5) is 12.1. The molecule has 2 aliphatic rings. The van der Waals surface area contributed by atoms with Crippen LogP contribution >= 0.6 is 12.4 Å². The minimum absolute atomic E-state index is 0. The molecular formula is C17H21ClN4O2. The number of aromatic nitrogens is 2. The maximum atomic E-state index is 12.1. The fraction of sp³-hybridized carbons (Fsp3) is 0.412. The monoisotopic (exact) mass is 348 g/mol. The molecule has 0 saturated carbocycles. The molecule has 2 aliphatic heterocycles. The van der Waals surface area contributed by atoms with Crippen molar-refractivity contribution in [3.8, 4) is 0 Å². The van der Waals surface area contributed by atoms with Gasteiger partial charge < -0.3 is 15.4 Å². The Kier molecular flexibility index (Phi) is 5.18. The Morgan fingerprint density at radius 3 is 3.04 bits per heavy atom. The van der Waals surface area contributed by atoms with E-state index in [9.17, 15) is 4.79 Å². The van der Waals surface area contributed by atoms with Crippen LogP contribution in [0.3, 0.4) is 0 Å². The number of nitrogens with zero attached hydrogens (tertiary/aromatic N) is 2. The molecule has 3 heterocycles. The lowest BCUT2D eigenvalue weighted by atomic mass is 10.1. The molecule has 4 rings (SSSR count). The maximum absolute atomic E-state index is 12.1. The maximum Gasteiger partial charge on any atom is 0.224 e. The first kappa shape index (κ1) is 17.0. The largest absolute Gasteiger partial charge is 0.372 e. The Morgan fingerprint density at radius 2 is 2.17 bits per heavy atom. The van der Waals surface area contributed by atoms with Gasteiger partial charge in [-0.05, 0) is 29.3 Å². The molecule has 0 bridgehead atoms. The third-order valence-corrected chi connectivity index (χ3v) is 4.33. The molecule has 0 radical (unpaired) electrons. The zero-order valence-corrected chi connectivity index (χ0v) is 14.2. The molecule has 0 unspecified atom stereocenters. The Labute approximate surface area is 147 Å². The minimum atomic E-state index is 0. The predicted octanol–water partition coefficient (Wildman–Crippen LogP) is 2.01. The van der Waals surface area contributed by atoms with Crippen LogP contribution in [0.2, 0.25) is 0 Å². The van der Waals surface area contributed by atoms with Crippen LogP contribution in [-0.4, -0.2) is 22.2 Å². The van der Waals surface area contributed by atoms with E-state index >= 15 is 0 Å². The van der Waals surface area contributed by atoms with Gasteiger partial charge in [-0.15, -0.1) is 12.4 Å². The highest BCUT2D eigenvalue weighted by molar-refractivity contribution is 5.90. The van der Waals surface area contributed by atoms with Gasteiger partial charge >= 0.3 is 0 Å². The zero-order valence-electron chi connectivity index (χ0n) is 13.4. The predicted molar refractivity (Wildman–Crippen MR) is 93.1 cm³/mol. The SMILES string of the molecule is Cl.O=C(CCc1cc2n(n1)CCNC2)Nc1ccc2c(c1)COC2. The Morgan fingerprint density at radius 1 is 1.29 bits per heavy atom. The number of benzene rings is 1. The summed E-state index contributed by atoms with van der Waals surface area (Å²) in [6.45, 7) is 4.02. The number of anilines is 1. The molecular weight excluding hydrogens is 328 g/mol. The van der Waals surface area contributed by atoms with Crippen LogP contribution in [0.4, 0.5) is 5.69 Å². The molecule has 128 valence electrons. The molecule has 7 heteroatoms. The molecule has 0 atom stereocenters. The van der Waals surface area contributed by atoms with Gasteiger partial charge in [-0.25, -0.2) is 0 Å². The lowest BCUT2D eigenvalue weighted by molar-refractivity contribution is -0.116. The van der Waals surface area contributed by atoms with E-state index in [0.29, 0.717) is 26.1 Å². The van der Waals surface area contributed by atoms with Gasteiger partial charge in [0.05, 0.1) is 31.1 Å². The molecule has 6 nitrogen and oxygen atoms in total. The first-order chi connectivity index (χ1) is 11.3. The van der Waals surface area contributed by atoms with Crippen LogP contribution < -0.4 is 10.6 Å². The minimum Gasteiger partial charge on any atom is -0.372 e. The van der Waals surface area contributed by atoms with E-state index in [1.165, 1.54) is 11.3 Å². The van der Waals surface area contributed by atoms with Crippen molar-refractivity contribution in [2.24, 2.45) is 0 Å². The number of amides is 1. The van der Waals surface area contributed by atoms with Gasteiger partial charge in [0.1, 0.15) is 0 Å². The molecule has 0 aliphatic carbocycles. The van der Waals surface area contributed by atoms with Crippen molar-refractivity contribution in [3.05, 3.63) is 46.8 Å². The quantitative estimate of drug-likeness (QED) is 0.887. The topological polar surface area (TPSA) is 68.2 Å². The summed E-state index contributed by atoms with van der Waals surface area (Å²) in [6, 6.07) is 8.05. The summed E-state index contributed by atoms with van der Waals surface area (Å²) >= 11 is 0. The molecule has 2 N–H and O–H groups in total. The second-order valence-electron chi connectivity index (χ2n) is 6.05. The molecule has 1 amide bonds. The number of carbonyl (C=O) groups excluding carboxylic acids is 1. The van der Waals surface area contributed by atoms with Crippen molar-refractivity contribution in [1.82, 2.24) is 15.1 Å².